The van der Waals surface area contributed by atoms with E-state index in [0.717, 1.165) is 32.1 Å². The number of hydrogen-bond acceptors (Lipinski definition) is 4. The lowest BCUT2D eigenvalue weighted by molar-refractivity contribution is -0.137. The molecule has 0 heterocycles. The fourth-order valence-electron chi connectivity index (χ4n) is 2.11. The molecular weight excluding hydrogens is 292 g/mol. The molecule has 4 nitrogen and oxygen atoms in total. The molecule has 23 heavy (non-hydrogen) atoms. The lowest BCUT2D eigenvalue weighted by Gasteiger charge is -2.10. The Hall–Kier alpha value is -1.84. The molecule has 0 saturated heterocycles. The van der Waals surface area contributed by atoms with Crippen LogP contribution in [-0.4, -0.2) is 11.9 Å². The molecule has 0 unspecified atom stereocenters. The Labute approximate surface area is 139 Å². The summed E-state index contributed by atoms with van der Waals surface area (Å²) in [6.07, 6.45) is 5.41. The molecule has 0 saturated carbocycles. The van der Waals surface area contributed by atoms with E-state index in [-0.39, 0.29) is 11.9 Å². The van der Waals surface area contributed by atoms with E-state index < -0.39 is 0 Å². The summed E-state index contributed by atoms with van der Waals surface area (Å²) >= 11 is 0. The molecule has 0 aliphatic heterocycles. The van der Waals surface area contributed by atoms with E-state index in [2.05, 4.69) is 13.8 Å². The van der Waals surface area contributed by atoms with Crippen LogP contribution in [0, 0.1) is 5.92 Å². The average molecular weight is 320 g/mol. The molecule has 0 fully saturated rings. The molecular formula is C19H28O4. The van der Waals surface area contributed by atoms with Crippen molar-refractivity contribution in [2.75, 3.05) is 0 Å². The Balaban J connectivity index is 2.49. The Morgan fingerprint density at radius 1 is 0.913 bits per heavy atom. The SMILES string of the molecule is CCCCC(=O)Oc1ccccc1OC(=O)CCCCC(C)C. The van der Waals surface area contributed by atoms with Gasteiger partial charge in [0.2, 0.25) is 0 Å². The predicted molar refractivity (Wildman–Crippen MR) is 90.5 cm³/mol. The molecule has 0 atom stereocenters. The molecule has 0 radical (unpaired) electrons. The first-order valence-electron chi connectivity index (χ1n) is 8.53. The normalized spacial score (nSPS) is 10.6. The van der Waals surface area contributed by atoms with Crippen molar-refractivity contribution in [2.45, 2.75) is 65.7 Å². The van der Waals surface area contributed by atoms with Crippen molar-refractivity contribution < 1.29 is 19.1 Å². The molecule has 1 aromatic carbocycles. The van der Waals surface area contributed by atoms with Gasteiger partial charge in [0.15, 0.2) is 11.5 Å². The zero-order chi connectivity index (χ0) is 17.1. The first-order valence-corrected chi connectivity index (χ1v) is 8.53. The highest BCUT2D eigenvalue weighted by Crippen LogP contribution is 2.27. The van der Waals surface area contributed by atoms with Crippen molar-refractivity contribution in [1.82, 2.24) is 0 Å². The maximum absolute atomic E-state index is 11.9. The number of para-hydroxylation sites is 2. The topological polar surface area (TPSA) is 52.6 Å². The predicted octanol–water partition coefficient (Wildman–Crippen LogP) is 4.90. The van der Waals surface area contributed by atoms with Gasteiger partial charge in [-0.05, 0) is 30.9 Å². The summed E-state index contributed by atoms with van der Waals surface area (Å²) in [6.45, 7) is 6.35. The van der Waals surface area contributed by atoms with Gasteiger partial charge in [-0.1, -0.05) is 52.2 Å². The maximum atomic E-state index is 11.9. The van der Waals surface area contributed by atoms with Crippen LogP contribution in [0.15, 0.2) is 24.3 Å². The number of esters is 2. The summed E-state index contributed by atoms with van der Waals surface area (Å²) in [7, 11) is 0. The van der Waals surface area contributed by atoms with Crippen LogP contribution in [0.1, 0.15) is 65.7 Å². The van der Waals surface area contributed by atoms with Gasteiger partial charge in [-0.15, -0.1) is 0 Å². The molecule has 0 aliphatic carbocycles. The average Bonchev–Trinajstić information content (AvgIpc) is 2.51. The van der Waals surface area contributed by atoms with Crippen LogP contribution in [0.5, 0.6) is 11.5 Å². The summed E-state index contributed by atoms with van der Waals surface area (Å²) in [5.74, 6) is 0.683. The summed E-state index contributed by atoms with van der Waals surface area (Å²) in [6, 6.07) is 6.80. The number of carbonyl (C=O) groups excluding carboxylic acids is 2. The second-order valence-corrected chi connectivity index (χ2v) is 6.14. The number of rotatable bonds is 10. The summed E-state index contributed by atoms with van der Waals surface area (Å²) in [5, 5.41) is 0. The van der Waals surface area contributed by atoms with E-state index in [1.807, 2.05) is 6.92 Å². The molecule has 0 N–H and O–H groups in total. The molecule has 128 valence electrons. The van der Waals surface area contributed by atoms with Gasteiger partial charge in [-0.3, -0.25) is 9.59 Å². The summed E-state index contributed by atoms with van der Waals surface area (Å²) < 4.78 is 10.6. The first-order chi connectivity index (χ1) is 11.0. The maximum Gasteiger partial charge on any atom is 0.311 e. The van der Waals surface area contributed by atoms with Gasteiger partial charge in [0, 0.05) is 12.8 Å². The zero-order valence-electron chi connectivity index (χ0n) is 14.5. The van der Waals surface area contributed by atoms with Gasteiger partial charge in [0.05, 0.1) is 0 Å². The number of carbonyl (C=O) groups is 2. The summed E-state index contributed by atoms with van der Waals surface area (Å²) in [4.78, 5) is 23.6. The van der Waals surface area contributed by atoms with Gasteiger partial charge < -0.3 is 9.47 Å². The third-order valence-corrected chi connectivity index (χ3v) is 3.44. The number of ether oxygens (including phenoxy) is 2. The molecule has 0 amide bonds. The molecule has 0 bridgehead atoms. The third kappa shape index (κ3) is 8.38. The summed E-state index contributed by atoms with van der Waals surface area (Å²) in [5.41, 5.74) is 0. The molecule has 1 rings (SSSR count). The molecule has 4 heteroatoms. The van der Waals surface area contributed by atoms with Crippen molar-refractivity contribution in [3.63, 3.8) is 0 Å². The minimum Gasteiger partial charge on any atom is -0.423 e. The van der Waals surface area contributed by atoms with Crippen LogP contribution in [0.2, 0.25) is 0 Å². The Morgan fingerprint density at radius 2 is 1.43 bits per heavy atom. The minimum atomic E-state index is -0.299. The second kappa shape index (κ2) is 10.8. The van der Waals surface area contributed by atoms with Crippen LogP contribution in [0.25, 0.3) is 0 Å². The van der Waals surface area contributed by atoms with Crippen LogP contribution < -0.4 is 9.47 Å². The molecule has 1 aromatic rings. The molecule has 0 spiro atoms. The van der Waals surface area contributed by atoms with Crippen LogP contribution in [-0.2, 0) is 9.59 Å². The lowest BCUT2D eigenvalue weighted by atomic mass is 10.1. The highest BCUT2D eigenvalue weighted by molar-refractivity contribution is 5.76. The first kappa shape index (κ1) is 19.2. The van der Waals surface area contributed by atoms with E-state index in [1.54, 1.807) is 24.3 Å². The van der Waals surface area contributed by atoms with E-state index in [1.165, 1.54) is 0 Å². The Bertz CT molecular complexity index is 494. The fourth-order valence-corrected chi connectivity index (χ4v) is 2.11. The number of benzene rings is 1. The largest absolute Gasteiger partial charge is 0.423 e. The monoisotopic (exact) mass is 320 g/mol. The van der Waals surface area contributed by atoms with E-state index in [4.69, 9.17) is 9.47 Å². The molecule has 0 aliphatic rings. The van der Waals surface area contributed by atoms with Gasteiger partial charge in [-0.25, -0.2) is 0 Å². The highest BCUT2D eigenvalue weighted by Gasteiger charge is 2.13. The van der Waals surface area contributed by atoms with Crippen molar-refractivity contribution >= 4 is 11.9 Å². The number of hydrogen-bond donors (Lipinski definition) is 0. The molecule has 0 aromatic heterocycles. The van der Waals surface area contributed by atoms with E-state index >= 15 is 0 Å². The Morgan fingerprint density at radius 3 is 1.91 bits per heavy atom. The lowest BCUT2D eigenvalue weighted by Crippen LogP contribution is -2.12. The van der Waals surface area contributed by atoms with Crippen LogP contribution >= 0.6 is 0 Å². The van der Waals surface area contributed by atoms with E-state index in [9.17, 15) is 9.59 Å². The van der Waals surface area contributed by atoms with Crippen molar-refractivity contribution in [3.8, 4) is 11.5 Å². The Kier molecular flexibility index (Phi) is 9.03. The van der Waals surface area contributed by atoms with Crippen molar-refractivity contribution in [3.05, 3.63) is 24.3 Å². The fraction of sp³-hybridized carbons (Fsp3) is 0.579. The highest BCUT2D eigenvalue weighted by atomic mass is 16.6. The smallest absolute Gasteiger partial charge is 0.311 e. The van der Waals surface area contributed by atoms with E-state index in [0.29, 0.717) is 30.3 Å². The van der Waals surface area contributed by atoms with Crippen molar-refractivity contribution in [2.24, 2.45) is 5.92 Å². The van der Waals surface area contributed by atoms with Gasteiger partial charge in [0.1, 0.15) is 0 Å². The quantitative estimate of drug-likeness (QED) is 0.349. The van der Waals surface area contributed by atoms with Crippen LogP contribution in [0.3, 0.4) is 0 Å². The van der Waals surface area contributed by atoms with Gasteiger partial charge in [0.25, 0.3) is 0 Å². The number of unbranched alkanes of at least 4 members (excludes halogenated alkanes) is 2. The minimum absolute atomic E-state index is 0.286. The van der Waals surface area contributed by atoms with Gasteiger partial charge >= 0.3 is 11.9 Å². The van der Waals surface area contributed by atoms with Crippen molar-refractivity contribution in [1.29, 1.82) is 0 Å². The second-order valence-electron chi connectivity index (χ2n) is 6.14. The van der Waals surface area contributed by atoms with Gasteiger partial charge in [-0.2, -0.15) is 0 Å². The zero-order valence-corrected chi connectivity index (χ0v) is 14.5. The standard InChI is InChI=1S/C19H28O4/c1-4-5-13-18(20)22-16-11-7-8-12-17(16)23-19(21)14-9-6-10-15(2)3/h7-8,11-12,15H,4-6,9-10,13-14H2,1-3H3. The van der Waals surface area contributed by atoms with Crippen LogP contribution in [0.4, 0.5) is 0 Å². The third-order valence-electron chi connectivity index (χ3n) is 3.44.